The Hall–Kier alpha value is -1.54. The Morgan fingerprint density at radius 1 is 1.32 bits per heavy atom. The zero-order chi connectivity index (χ0) is 14.5. The highest BCUT2D eigenvalue weighted by atomic mass is 35.5. The lowest BCUT2D eigenvalue weighted by Gasteiger charge is -2.11. The van der Waals surface area contributed by atoms with Gasteiger partial charge < -0.3 is 4.74 Å². The lowest BCUT2D eigenvalue weighted by molar-refractivity contribution is -0.384. The first-order valence-electron chi connectivity index (χ1n) is 5.00. The van der Waals surface area contributed by atoms with Crippen LogP contribution in [0.5, 0.6) is 5.75 Å². The van der Waals surface area contributed by atoms with Crippen LogP contribution in [0.4, 0.5) is 18.9 Å². The summed E-state index contributed by atoms with van der Waals surface area (Å²) in [5, 5.41) is 10.5. The number of hydrogen-bond donors (Lipinski definition) is 0. The maximum absolute atomic E-state index is 11.7. The van der Waals surface area contributed by atoms with Crippen LogP contribution in [-0.4, -0.2) is 24.5 Å². The van der Waals surface area contributed by atoms with Gasteiger partial charge in [-0.05, 0) is 6.07 Å². The van der Waals surface area contributed by atoms with Crippen molar-refractivity contribution in [3.05, 3.63) is 33.9 Å². The molecule has 19 heavy (non-hydrogen) atoms. The summed E-state index contributed by atoms with van der Waals surface area (Å²) in [5.41, 5.74) is 0.150. The van der Waals surface area contributed by atoms with E-state index in [1.54, 1.807) is 0 Å². The van der Waals surface area contributed by atoms with Gasteiger partial charge in [-0.2, -0.15) is 0 Å². The van der Waals surface area contributed by atoms with Crippen LogP contribution in [0.25, 0.3) is 0 Å². The molecule has 1 rings (SSSR count). The van der Waals surface area contributed by atoms with E-state index in [0.717, 1.165) is 0 Å². The zero-order valence-corrected chi connectivity index (χ0v) is 10.2. The number of alkyl halides is 4. The predicted octanol–water partition coefficient (Wildman–Crippen LogP) is 3.25. The molecule has 0 heterocycles. The third-order valence-corrected chi connectivity index (χ3v) is 2.29. The fraction of sp³-hybridized carbons (Fsp3) is 0.400. The average Bonchev–Trinajstić information content (AvgIpc) is 2.33. The van der Waals surface area contributed by atoms with E-state index in [1.807, 2.05) is 0 Å². The normalized spacial score (nSPS) is 11.4. The summed E-state index contributed by atoms with van der Waals surface area (Å²) in [6.07, 6.45) is -4.71. The topological polar surface area (TPSA) is 61.6 Å². The highest BCUT2D eigenvalue weighted by molar-refractivity contribution is 6.17. The van der Waals surface area contributed by atoms with Crippen molar-refractivity contribution < 1.29 is 27.6 Å². The molecule has 1 aromatic rings. The number of halogens is 4. The predicted molar refractivity (Wildman–Crippen MR) is 60.2 cm³/mol. The summed E-state index contributed by atoms with van der Waals surface area (Å²) in [6.45, 7) is -1.02. The van der Waals surface area contributed by atoms with Gasteiger partial charge in [-0.15, -0.1) is 24.8 Å². The minimum absolute atomic E-state index is 0.0584. The largest absolute Gasteiger partial charge is 0.522 e. The van der Waals surface area contributed by atoms with Crippen molar-refractivity contribution in [1.82, 2.24) is 0 Å². The Morgan fingerprint density at radius 3 is 2.53 bits per heavy atom. The van der Waals surface area contributed by atoms with E-state index >= 15 is 0 Å². The first-order chi connectivity index (χ1) is 8.83. The number of ether oxygens (including phenoxy) is 2. The molecule has 0 saturated carbocycles. The number of non-ortho nitro benzene ring substituents is 1. The molecule has 106 valence electrons. The van der Waals surface area contributed by atoms with Crippen molar-refractivity contribution >= 4 is 17.3 Å². The molecular weight excluding hydrogens is 291 g/mol. The maximum atomic E-state index is 11.7. The van der Waals surface area contributed by atoms with E-state index in [2.05, 4.69) is 4.74 Å². The maximum Gasteiger partial charge on any atom is 0.522 e. The van der Waals surface area contributed by atoms with Gasteiger partial charge in [-0.3, -0.25) is 14.9 Å². The fourth-order valence-electron chi connectivity index (χ4n) is 1.23. The lowest BCUT2D eigenvalue weighted by Crippen LogP contribution is -2.18. The Kier molecular flexibility index (Phi) is 5.37. The molecule has 1 aromatic carbocycles. The summed E-state index contributed by atoms with van der Waals surface area (Å²) in [5.74, 6) is 0.128. The van der Waals surface area contributed by atoms with Gasteiger partial charge >= 0.3 is 6.36 Å². The Bertz CT molecular complexity index is 453. The van der Waals surface area contributed by atoms with Gasteiger partial charge in [0.2, 0.25) is 0 Å². The molecule has 0 N–H and O–H groups in total. The van der Waals surface area contributed by atoms with Crippen LogP contribution in [-0.2, 0) is 10.6 Å². The van der Waals surface area contributed by atoms with Crippen molar-refractivity contribution in [1.29, 1.82) is 0 Å². The molecule has 9 heteroatoms. The third kappa shape index (κ3) is 5.31. The van der Waals surface area contributed by atoms with E-state index < -0.39 is 17.9 Å². The van der Waals surface area contributed by atoms with Gasteiger partial charge in [0.25, 0.3) is 5.69 Å². The van der Waals surface area contributed by atoms with Crippen LogP contribution in [0.15, 0.2) is 18.2 Å². The number of nitrogens with zero attached hydrogens (tertiary/aromatic N) is 1. The van der Waals surface area contributed by atoms with Crippen LogP contribution < -0.4 is 4.74 Å². The molecule has 5 nitrogen and oxygen atoms in total. The molecule has 0 fully saturated rings. The quantitative estimate of drug-likeness (QED) is 0.350. The molecular formula is C10H9ClF3NO4. The highest BCUT2D eigenvalue weighted by Crippen LogP contribution is 2.25. The highest BCUT2D eigenvalue weighted by Gasteiger charge is 2.28. The van der Waals surface area contributed by atoms with Gasteiger partial charge in [0.15, 0.2) is 0 Å². The summed E-state index contributed by atoms with van der Waals surface area (Å²) in [7, 11) is 0. The molecule has 0 aromatic heterocycles. The second-order valence-electron chi connectivity index (χ2n) is 3.33. The summed E-state index contributed by atoms with van der Waals surface area (Å²) < 4.78 is 43.6. The fourth-order valence-corrected chi connectivity index (χ4v) is 1.44. The molecule has 0 atom stereocenters. The second-order valence-corrected chi connectivity index (χ2v) is 3.59. The average molecular weight is 300 g/mol. The first kappa shape index (κ1) is 15.5. The zero-order valence-electron chi connectivity index (χ0n) is 9.45. The molecule has 0 bridgehead atoms. The molecule has 0 amide bonds. The molecule has 0 saturated heterocycles. The lowest BCUT2D eigenvalue weighted by atomic mass is 10.2. The van der Waals surface area contributed by atoms with Crippen molar-refractivity contribution in [2.45, 2.75) is 12.2 Å². The van der Waals surface area contributed by atoms with Crippen molar-refractivity contribution in [2.75, 3.05) is 13.2 Å². The van der Waals surface area contributed by atoms with E-state index in [0.29, 0.717) is 5.56 Å². The van der Waals surface area contributed by atoms with E-state index in [-0.39, 0.29) is 23.9 Å². The number of rotatable bonds is 6. The number of hydrogen-bond acceptors (Lipinski definition) is 4. The molecule has 0 unspecified atom stereocenters. The first-order valence-corrected chi connectivity index (χ1v) is 5.53. The number of nitro benzene ring substituents is 1. The molecule has 0 aliphatic carbocycles. The second kappa shape index (κ2) is 6.58. The van der Waals surface area contributed by atoms with Gasteiger partial charge in [0.1, 0.15) is 12.4 Å². The van der Waals surface area contributed by atoms with Crippen molar-refractivity contribution in [2.24, 2.45) is 0 Å². The summed E-state index contributed by atoms with van der Waals surface area (Å²) in [4.78, 5) is 9.92. The summed E-state index contributed by atoms with van der Waals surface area (Å²) in [6, 6.07) is 3.66. The number of nitro groups is 1. The van der Waals surface area contributed by atoms with Gasteiger partial charge in [-0.25, -0.2) is 0 Å². The minimum atomic E-state index is -4.71. The SMILES string of the molecule is O=[N+]([O-])c1ccc(OCCOC(F)(F)F)c(CCl)c1. The molecule has 0 spiro atoms. The molecule has 0 aliphatic heterocycles. The Labute approximate surface area is 111 Å². The molecule has 0 radical (unpaired) electrons. The van der Waals surface area contributed by atoms with Crippen LogP contribution in [0, 0.1) is 10.1 Å². The van der Waals surface area contributed by atoms with E-state index in [4.69, 9.17) is 16.3 Å². The minimum Gasteiger partial charge on any atom is -0.491 e. The third-order valence-electron chi connectivity index (χ3n) is 2.01. The van der Waals surface area contributed by atoms with Gasteiger partial charge in [0, 0.05) is 17.7 Å². The van der Waals surface area contributed by atoms with Crippen LogP contribution in [0.2, 0.25) is 0 Å². The Morgan fingerprint density at radius 2 is 2.00 bits per heavy atom. The Balaban J connectivity index is 2.61. The van der Waals surface area contributed by atoms with Gasteiger partial charge in [-0.1, -0.05) is 0 Å². The number of benzene rings is 1. The standard InChI is InChI=1S/C10H9ClF3NO4/c11-6-7-5-8(15(16)17)1-2-9(7)18-3-4-19-10(12,13)14/h1-2,5H,3-4,6H2. The smallest absolute Gasteiger partial charge is 0.491 e. The van der Waals surface area contributed by atoms with Crippen molar-refractivity contribution in [3.63, 3.8) is 0 Å². The summed E-state index contributed by atoms with van der Waals surface area (Å²) >= 11 is 5.58. The van der Waals surface area contributed by atoms with E-state index in [1.165, 1.54) is 18.2 Å². The van der Waals surface area contributed by atoms with E-state index in [9.17, 15) is 23.3 Å². The van der Waals surface area contributed by atoms with Gasteiger partial charge in [0.05, 0.1) is 17.4 Å². The monoisotopic (exact) mass is 299 g/mol. The van der Waals surface area contributed by atoms with Crippen molar-refractivity contribution in [3.8, 4) is 5.75 Å². The van der Waals surface area contributed by atoms with Crippen LogP contribution >= 0.6 is 11.6 Å². The molecule has 0 aliphatic rings. The van der Waals surface area contributed by atoms with Crippen LogP contribution in [0.3, 0.4) is 0 Å². The van der Waals surface area contributed by atoms with Crippen LogP contribution in [0.1, 0.15) is 5.56 Å².